The fourth-order valence-electron chi connectivity index (χ4n) is 5.20. The van der Waals surface area contributed by atoms with Crippen molar-refractivity contribution in [3.8, 4) is 0 Å². The highest BCUT2D eigenvalue weighted by atomic mass is 32.2. The van der Waals surface area contributed by atoms with E-state index < -0.39 is 45.9 Å². The van der Waals surface area contributed by atoms with Gasteiger partial charge in [0, 0.05) is 12.7 Å². The van der Waals surface area contributed by atoms with Gasteiger partial charge in [0.25, 0.3) is 0 Å². The standard InChI is InChI=1S/C25H31NO6S/c1-17-10-12-19(13-11-17)33(27,28)23-21(26-14-6-7-15-26)25(29-2)31-20-16-30-24(32-22(20)23)18-8-4-3-5-9-18/h3-5,8-13,20-25H,6-7,14-16H2,1-2H3/t20-,21-,22-,23-,24-,25+/m1/s1. The maximum atomic E-state index is 14.2. The molecule has 3 fully saturated rings. The molecule has 33 heavy (non-hydrogen) atoms. The van der Waals surface area contributed by atoms with E-state index in [2.05, 4.69) is 4.90 Å². The number of hydrogen-bond donors (Lipinski definition) is 0. The summed E-state index contributed by atoms with van der Waals surface area (Å²) >= 11 is 0. The van der Waals surface area contributed by atoms with Crippen LogP contribution < -0.4 is 0 Å². The van der Waals surface area contributed by atoms with E-state index in [4.69, 9.17) is 18.9 Å². The highest BCUT2D eigenvalue weighted by molar-refractivity contribution is 7.92. The Morgan fingerprint density at radius 3 is 2.33 bits per heavy atom. The monoisotopic (exact) mass is 473 g/mol. The van der Waals surface area contributed by atoms with Crippen molar-refractivity contribution >= 4 is 9.84 Å². The van der Waals surface area contributed by atoms with Gasteiger partial charge in [-0.15, -0.1) is 0 Å². The first-order valence-electron chi connectivity index (χ1n) is 11.5. The normalized spacial score (nSPS) is 33.0. The SMILES string of the molecule is CO[C@H]1O[C@@H]2CO[C@@H](c3ccccc3)O[C@H]2[C@H](S(=O)(=O)c2ccc(C)cc2)[C@H]1N1CCCC1. The van der Waals surface area contributed by atoms with Crippen molar-refractivity contribution in [2.24, 2.45) is 0 Å². The number of rotatable bonds is 5. The molecular formula is C25H31NO6S. The number of aryl methyl sites for hydroxylation is 1. The molecule has 178 valence electrons. The zero-order valence-electron chi connectivity index (χ0n) is 19.0. The molecule has 0 saturated carbocycles. The lowest BCUT2D eigenvalue weighted by Gasteiger charge is -2.51. The number of methoxy groups -OCH3 is 1. The van der Waals surface area contributed by atoms with Crippen molar-refractivity contribution in [2.45, 2.75) is 60.7 Å². The van der Waals surface area contributed by atoms with Crippen LogP contribution in [0.1, 0.15) is 30.3 Å². The highest BCUT2D eigenvalue weighted by Gasteiger charge is 2.57. The fraction of sp³-hybridized carbons (Fsp3) is 0.520. The molecule has 0 N–H and O–H groups in total. The molecule has 8 heteroatoms. The summed E-state index contributed by atoms with van der Waals surface area (Å²) in [7, 11) is -2.20. The Balaban J connectivity index is 1.57. The lowest BCUT2D eigenvalue weighted by Crippen LogP contribution is -2.68. The van der Waals surface area contributed by atoms with E-state index in [-0.39, 0.29) is 6.61 Å². The molecule has 7 nitrogen and oxygen atoms in total. The Kier molecular flexibility index (Phi) is 6.57. The summed E-state index contributed by atoms with van der Waals surface area (Å²) in [6.45, 7) is 3.80. The van der Waals surface area contributed by atoms with Gasteiger partial charge in [0.05, 0.1) is 17.5 Å². The minimum atomic E-state index is -3.77. The summed E-state index contributed by atoms with van der Waals surface area (Å²) in [6.07, 6.45) is -0.518. The van der Waals surface area contributed by atoms with Crippen LogP contribution in [0.3, 0.4) is 0 Å². The molecule has 6 atom stereocenters. The summed E-state index contributed by atoms with van der Waals surface area (Å²) in [5.74, 6) is 0. The van der Waals surface area contributed by atoms with Crippen molar-refractivity contribution in [3.63, 3.8) is 0 Å². The maximum Gasteiger partial charge on any atom is 0.185 e. The van der Waals surface area contributed by atoms with Gasteiger partial charge in [0.2, 0.25) is 0 Å². The molecule has 3 heterocycles. The van der Waals surface area contributed by atoms with E-state index in [1.54, 1.807) is 19.2 Å². The number of likely N-dealkylation sites (tertiary alicyclic amines) is 1. The molecule has 2 aromatic rings. The minimum Gasteiger partial charge on any atom is -0.354 e. The second kappa shape index (κ2) is 9.44. The summed E-state index contributed by atoms with van der Waals surface area (Å²) in [5.41, 5.74) is 1.87. The van der Waals surface area contributed by atoms with E-state index >= 15 is 0 Å². The average Bonchev–Trinajstić information content (AvgIpc) is 3.38. The average molecular weight is 474 g/mol. The molecule has 0 bridgehead atoms. The van der Waals surface area contributed by atoms with Crippen molar-refractivity contribution in [2.75, 3.05) is 26.8 Å². The second-order valence-corrected chi connectivity index (χ2v) is 11.1. The second-order valence-electron chi connectivity index (χ2n) is 9.01. The number of ether oxygens (including phenoxy) is 4. The van der Waals surface area contributed by atoms with Gasteiger partial charge in [-0.05, 0) is 45.0 Å². The summed E-state index contributed by atoms with van der Waals surface area (Å²) in [6, 6.07) is 16.2. The fourth-order valence-corrected chi connectivity index (χ4v) is 7.29. The molecule has 0 spiro atoms. The number of sulfone groups is 1. The third kappa shape index (κ3) is 4.36. The van der Waals surface area contributed by atoms with Crippen LogP contribution in [0.25, 0.3) is 0 Å². The van der Waals surface area contributed by atoms with Crippen molar-refractivity contribution < 1.29 is 27.4 Å². The van der Waals surface area contributed by atoms with Gasteiger partial charge in [0.15, 0.2) is 22.4 Å². The molecule has 0 radical (unpaired) electrons. The van der Waals surface area contributed by atoms with Gasteiger partial charge < -0.3 is 18.9 Å². The van der Waals surface area contributed by atoms with E-state index in [0.29, 0.717) is 4.90 Å². The number of benzene rings is 2. The van der Waals surface area contributed by atoms with E-state index in [0.717, 1.165) is 37.1 Å². The van der Waals surface area contributed by atoms with Gasteiger partial charge in [-0.3, -0.25) is 4.90 Å². The summed E-state index contributed by atoms with van der Waals surface area (Å²) < 4.78 is 52.7. The molecular weight excluding hydrogens is 442 g/mol. The smallest absolute Gasteiger partial charge is 0.185 e. The van der Waals surface area contributed by atoms with Crippen LogP contribution in [0, 0.1) is 6.92 Å². The largest absolute Gasteiger partial charge is 0.354 e. The Morgan fingerprint density at radius 2 is 1.67 bits per heavy atom. The third-order valence-electron chi connectivity index (χ3n) is 6.88. The van der Waals surface area contributed by atoms with Crippen LogP contribution in [0.4, 0.5) is 0 Å². The summed E-state index contributed by atoms with van der Waals surface area (Å²) in [4.78, 5) is 2.49. The van der Waals surface area contributed by atoms with Gasteiger partial charge >= 0.3 is 0 Å². The topological polar surface area (TPSA) is 74.3 Å². The van der Waals surface area contributed by atoms with Crippen molar-refractivity contribution in [1.29, 1.82) is 0 Å². The Bertz CT molecular complexity index is 1040. The zero-order valence-corrected chi connectivity index (χ0v) is 19.8. The van der Waals surface area contributed by atoms with Crippen LogP contribution in [-0.2, 0) is 28.8 Å². The lowest BCUT2D eigenvalue weighted by atomic mass is 9.97. The van der Waals surface area contributed by atoms with Gasteiger partial charge in [-0.2, -0.15) is 0 Å². The van der Waals surface area contributed by atoms with Crippen LogP contribution in [0.15, 0.2) is 59.5 Å². The molecule has 3 saturated heterocycles. The van der Waals surface area contributed by atoms with Gasteiger partial charge in [0.1, 0.15) is 17.5 Å². The molecule has 2 aromatic carbocycles. The molecule has 3 aliphatic rings. The lowest BCUT2D eigenvalue weighted by molar-refractivity contribution is -0.324. The number of hydrogen-bond acceptors (Lipinski definition) is 7. The van der Waals surface area contributed by atoms with E-state index in [1.807, 2.05) is 49.4 Å². The molecule has 0 unspecified atom stereocenters. The van der Waals surface area contributed by atoms with Crippen LogP contribution in [-0.4, -0.2) is 69.9 Å². The van der Waals surface area contributed by atoms with Crippen LogP contribution in [0.5, 0.6) is 0 Å². The Morgan fingerprint density at radius 1 is 0.970 bits per heavy atom. The first kappa shape index (κ1) is 23.0. The quantitative estimate of drug-likeness (QED) is 0.661. The Labute approximate surface area is 195 Å². The summed E-state index contributed by atoms with van der Waals surface area (Å²) in [5, 5.41) is -0.850. The molecule has 0 amide bonds. The highest BCUT2D eigenvalue weighted by Crippen LogP contribution is 2.41. The van der Waals surface area contributed by atoms with Gasteiger partial charge in [-0.1, -0.05) is 48.0 Å². The first-order valence-corrected chi connectivity index (χ1v) is 13.1. The predicted molar refractivity (Wildman–Crippen MR) is 122 cm³/mol. The van der Waals surface area contributed by atoms with E-state index in [1.165, 1.54) is 0 Å². The minimum absolute atomic E-state index is 0.233. The van der Waals surface area contributed by atoms with Gasteiger partial charge in [-0.25, -0.2) is 8.42 Å². The molecule has 0 aliphatic carbocycles. The van der Waals surface area contributed by atoms with E-state index in [9.17, 15) is 8.42 Å². The molecule has 3 aliphatic heterocycles. The maximum absolute atomic E-state index is 14.2. The number of nitrogens with zero attached hydrogens (tertiary/aromatic N) is 1. The van der Waals surface area contributed by atoms with Crippen molar-refractivity contribution in [1.82, 2.24) is 4.90 Å². The first-order chi connectivity index (χ1) is 16.0. The number of fused-ring (bicyclic) bond motifs is 1. The molecule has 5 rings (SSSR count). The predicted octanol–water partition coefficient (Wildman–Crippen LogP) is 3.09. The Hall–Kier alpha value is -1.81. The zero-order chi connectivity index (χ0) is 23.0. The van der Waals surface area contributed by atoms with Crippen LogP contribution >= 0.6 is 0 Å². The van der Waals surface area contributed by atoms with Crippen LogP contribution in [0.2, 0.25) is 0 Å². The van der Waals surface area contributed by atoms with Crippen molar-refractivity contribution in [3.05, 3.63) is 65.7 Å². The third-order valence-corrected chi connectivity index (χ3v) is 9.07. The molecule has 0 aromatic heterocycles.